The molecule has 2 aromatic rings. The summed E-state index contributed by atoms with van der Waals surface area (Å²) in [6, 6.07) is 15.4. The molecule has 1 saturated carbocycles. The first-order chi connectivity index (χ1) is 15.0. The molecule has 0 spiro atoms. The number of aryl methyl sites for hydroxylation is 2. The summed E-state index contributed by atoms with van der Waals surface area (Å²) in [7, 11) is 0. The summed E-state index contributed by atoms with van der Waals surface area (Å²) in [6.07, 6.45) is 5.28. The zero-order chi connectivity index (χ0) is 22.2. The molecule has 1 N–H and O–H groups in total. The van der Waals surface area contributed by atoms with Gasteiger partial charge in [-0.15, -0.1) is 0 Å². The van der Waals surface area contributed by atoms with Crippen molar-refractivity contribution in [1.82, 2.24) is 10.2 Å². The normalized spacial score (nSPS) is 14.8. The van der Waals surface area contributed by atoms with Crippen molar-refractivity contribution in [2.75, 3.05) is 6.61 Å². The second-order valence-electron chi connectivity index (χ2n) is 8.40. The van der Waals surface area contributed by atoms with Crippen LogP contribution in [0, 0.1) is 6.92 Å². The number of carbonyl (C=O) groups excluding carboxylic acids is 2. The second kappa shape index (κ2) is 11.0. The van der Waals surface area contributed by atoms with Crippen molar-refractivity contribution in [3.8, 4) is 5.75 Å². The molecule has 5 heteroatoms. The molecule has 0 unspecified atom stereocenters. The smallest absolute Gasteiger partial charge is 0.261 e. The minimum absolute atomic E-state index is 0.0962. The van der Waals surface area contributed by atoms with Crippen LogP contribution in [0.1, 0.15) is 56.2 Å². The fourth-order valence-electron chi connectivity index (χ4n) is 3.99. The maximum Gasteiger partial charge on any atom is 0.261 e. The van der Waals surface area contributed by atoms with Crippen molar-refractivity contribution in [2.24, 2.45) is 0 Å². The molecule has 0 aliphatic heterocycles. The number of hydrogen-bond donors (Lipinski definition) is 1. The second-order valence-corrected chi connectivity index (χ2v) is 8.40. The van der Waals surface area contributed by atoms with Gasteiger partial charge in [0.1, 0.15) is 11.8 Å². The fourth-order valence-corrected chi connectivity index (χ4v) is 3.99. The topological polar surface area (TPSA) is 58.6 Å². The molecule has 1 aliphatic carbocycles. The molecule has 1 atom stereocenters. The Labute approximate surface area is 185 Å². The van der Waals surface area contributed by atoms with E-state index in [1.165, 1.54) is 5.56 Å². The summed E-state index contributed by atoms with van der Waals surface area (Å²) < 4.78 is 5.76. The Balaban J connectivity index is 1.70. The summed E-state index contributed by atoms with van der Waals surface area (Å²) in [5.41, 5.74) is 3.35. The zero-order valence-corrected chi connectivity index (χ0v) is 18.9. The van der Waals surface area contributed by atoms with Crippen molar-refractivity contribution in [2.45, 2.75) is 71.5 Å². The highest BCUT2D eigenvalue weighted by molar-refractivity contribution is 5.88. The van der Waals surface area contributed by atoms with E-state index < -0.39 is 6.04 Å². The van der Waals surface area contributed by atoms with Crippen molar-refractivity contribution < 1.29 is 14.3 Å². The number of nitrogens with one attached hydrogen (secondary N) is 1. The lowest BCUT2D eigenvalue weighted by Crippen LogP contribution is -2.50. The Morgan fingerprint density at radius 3 is 2.42 bits per heavy atom. The molecule has 166 valence electrons. The van der Waals surface area contributed by atoms with E-state index in [0.29, 0.717) is 12.3 Å². The number of rotatable bonds is 9. The lowest BCUT2D eigenvalue weighted by molar-refractivity contribution is -0.142. The van der Waals surface area contributed by atoms with Crippen LogP contribution in [0.2, 0.25) is 0 Å². The molecule has 0 bridgehead atoms. The van der Waals surface area contributed by atoms with Crippen LogP contribution in [0.4, 0.5) is 0 Å². The predicted molar refractivity (Wildman–Crippen MR) is 123 cm³/mol. The monoisotopic (exact) mass is 422 g/mol. The van der Waals surface area contributed by atoms with Crippen LogP contribution in [-0.2, 0) is 22.6 Å². The third-order valence-corrected chi connectivity index (χ3v) is 6.16. The van der Waals surface area contributed by atoms with Crippen LogP contribution in [0.3, 0.4) is 0 Å². The van der Waals surface area contributed by atoms with Crippen LogP contribution in [-0.4, -0.2) is 35.4 Å². The van der Waals surface area contributed by atoms with E-state index in [-0.39, 0.29) is 24.5 Å². The lowest BCUT2D eigenvalue weighted by atomic mass is 10.1. The molecule has 3 rings (SSSR count). The van der Waals surface area contributed by atoms with Gasteiger partial charge in [0.25, 0.3) is 5.91 Å². The van der Waals surface area contributed by atoms with Gasteiger partial charge in [-0.05, 0) is 61.9 Å². The van der Waals surface area contributed by atoms with Crippen LogP contribution in [0.15, 0.2) is 48.5 Å². The molecule has 1 aliphatic rings. The van der Waals surface area contributed by atoms with E-state index in [1.807, 2.05) is 55.5 Å². The molecular weight excluding hydrogens is 388 g/mol. The summed E-state index contributed by atoms with van der Waals surface area (Å²) >= 11 is 0. The van der Waals surface area contributed by atoms with Crippen LogP contribution >= 0.6 is 0 Å². The van der Waals surface area contributed by atoms with Gasteiger partial charge in [-0.1, -0.05) is 56.2 Å². The van der Waals surface area contributed by atoms with E-state index in [2.05, 4.69) is 12.2 Å². The molecule has 0 aromatic heterocycles. The number of nitrogens with zero attached hydrogens (tertiary/aromatic N) is 1. The molecule has 1 fully saturated rings. The number of ether oxygens (including phenoxy) is 1. The number of benzene rings is 2. The van der Waals surface area contributed by atoms with Crippen molar-refractivity contribution in [1.29, 1.82) is 0 Å². The van der Waals surface area contributed by atoms with Gasteiger partial charge in [0.15, 0.2) is 6.61 Å². The van der Waals surface area contributed by atoms with Crippen LogP contribution < -0.4 is 10.1 Å². The van der Waals surface area contributed by atoms with E-state index >= 15 is 0 Å². The zero-order valence-electron chi connectivity index (χ0n) is 18.9. The molecule has 2 amide bonds. The maximum atomic E-state index is 13.2. The van der Waals surface area contributed by atoms with Crippen LogP contribution in [0.25, 0.3) is 0 Å². The van der Waals surface area contributed by atoms with Gasteiger partial charge in [-0.3, -0.25) is 9.59 Å². The van der Waals surface area contributed by atoms with Gasteiger partial charge in [-0.25, -0.2) is 0 Å². The Hall–Kier alpha value is -2.82. The van der Waals surface area contributed by atoms with Crippen LogP contribution in [0.5, 0.6) is 5.75 Å². The summed E-state index contributed by atoms with van der Waals surface area (Å²) in [5, 5.41) is 3.13. The van der Waals surface area contributed by atoms with E-state index in [1.54, 1.807) is 11.8 Å². The third kappa shape index (κ3) is 6.33. The van der Waals surface area contributed by atoms with E-state index in [0.717, 1.165) is 43.2 Å². The highest BCUT2D eigenvalue weighted by Gasteiger charge is 2.29. The van der Waals surface area contributed by atoms with Crippen molar-refractivity contribution in [3.63, 3.8) is 0 Å². The molecule has 0 heterocycles. The number of hydrogen-bond acceptors (Lipinski definition) is 3. The molecular formula is C26H34N2O3. The first-order valence-corrected chi connectivity index (χ1v) is 11.3. The summed E-state index contributed by atoms with van der Waals surface area (Å²) in [4.78, 5) is 27.7. The SMILES string of the molecule is CCc1ccc(OCC(=O)N(Cc2ccccc2C)[C@H](C)C(=O)NC2CCCC2)cc1. The summed E-state index contributed by atoms with van der Waals surface area (Å²) in [6.45, 7) is 6.20. The minimum Gasteiger partial charge on any atom is -0.484 e. The average Bonchev–Trinajstić information content (AvgIpc) is 3.30. The predicted octanol–water partition coefficient (Wildman–Crippen LogP) is 4.41. The lowest BCUT2D eigenvalue weighted by Gasteiger charge is -2.30. The Morgan fingerprint density at radius 1 is 1.10 bits per heavy atom. The Morgan fingerprint density at radius 2 is 1.77 bits per heavy atom. The molecule has 0 radical (unpaired) electrons. The standard InChI is InChI=1S/C26H34N2O3/c1-4-21-13-15-24(16-14-21)31-18-25(29)28(17-22-10-6-5-9-19(22)2)20(3)26(30)27-23-11-7-8-12-23/h5-6,9-10,13-16,20,23H,4,7-8,11-12,17-18H2,1-3H3,(H,27,30)/t20-/m1/s1. The van der Waals surface area contributed by atoms with Gasteiger partial charge < -0.3 is 15.0 Å². The molecule has 5 nitrogen and oxygen atoms in total. The number of carbonyl (C=O) groups is 2. The van der Waals surface area contributed by atoms with Gasteiger partial charge in [0.05, 0.1) is 0 Å². The van der Waals surface area contributed by atoms with Gasteiger partial charge >= 0.3 is 0 Å². The van der Waals surface area contributed by atoms with E-state index in [9.17, 15) is 9.59 Å². The van der Waals surface area contributed by atoms with Gasteiger partial charge in [0, 0.05) is 12.6 Å². The molecule has 2 aromatic carbocycles. The van der Waals surface area contributed by atoms with Gasteiger partial charge in [-0.2, -0.15) is 0 Å². The van der Waals surface area contributed by atoms with Crippen molar-refractivity contribution >= 4 is 11.8 Å². The quantitative estimate of drug-likeness (QED) is 0.651. The number of amides is 2. The minimum atomic E-state index is -0.571. The van der Waals surface area contributed by atoms with Gasteiger partial charge in [0.2, 0.25) is 5.91 Å². The average molecular weight is 423 g/mol. The maximum absolute atomic E-state index is 13.2. The van der Waals surface area contributed by atoms with Crippen molar-refractivity contribution in [3.05, 3.63) is 65.2 Å². The first-order valence-electron chi connectivity index (χ1n) is 11.3. The molecule has 31 heavy (non-hydrogen) atoms. The Kier molecular flexibility index (Phi) is 8.10. The largest absolute Gasteiger partial charge is 0.484 e. The first kappa shape index (κ1) is 22.9. The fraction of sp³-hybridized carbons (Fsp3) is 0.462. The Bertz CT molecular complexity index is 872. The third-order valence-electron chi connectivity index (χ3n) is 6.16. The van der Waals surface area contributed by atoms with E-state index in [4.69, 9.17) is 4.74 Å². The summed E-state index contributed by atoms with van der Waals surface area (Å²) in [5.74, 6) is 0.363. The highest BCUT2D eigenvalue weighted by Crippen LogP contribution is 2.19. The molecule has 0 saturated heterocycles. The highest BCUT2D eigenvalue weighted by atomic mass is 16.5.